The fourth-order valence-electron chi connectivity index (χ4n) is 4.41. The van der Waals surface area contributed by atoms with Gasteiger partial charge in [0.25, 0.3) is 0 Å². The summed E-state index contributed by atoms with van der Waals surface area (Å²) in [4.78, 5) is 0. The minimum Gasteiger partial charge on any atom is -0.382 e. The van der Waals surface area contributed by atoms with Gasteiger partial charge >= 0.3 is 0 Å². The van der Waals surface area contributed by atoms with Crippen molar-refractivity contribution in [3.8, 4) is 0 Å². The van der Waals surface area contributed by atoms with Crippen LogP contribution in [0.5, 0.6) is 0 Å². The lowest BCUT2D eigenvalue weighted by Crippen LogP contribution is -2.33. The van der Waals surface area contributed by atoms with Crippen molar-refractivity contribution in [3.05, 3.63) is 0 Å². The lowest BCUT2D eigenvalue weighted by Gasteiger charge is -2.27. The fraction of sp³-hybridized carbons (Fsp3) is 1.00. The Morgan fingerprint density at radius 1 is 0.654 bits per heavy atom. The van der Waals surface area contributed by atoms with Gasteiger partial charge in [-0.25, -0.2) is 0 Å². The molecule has 2 unspecified atom stereocenters. The molecule has 0 spiro atoms. The third-order valence-electron chi connectivity index (χ3n) is 6.36. The standard InChI is InChI=1S/C24H50OSi/c1-3-4-5-6-7-8-9-10-11-12-13-14-15-16-17-20-23-26(2)24-21-18-19-22-25-24/h24,26H,3-23H2,1-2H3. The highest BCUT2D eigenvalue weighted by atomic mass is 28.3. The number of unbranched alkanes of at least 4 members (excludes halogenated alkanes) is 15. The molecule has 0 aliphatic carbocycles. The summed E-state index contributed by atoms with van der Waals surface area (Å²) >= 11 is 0. The number of ether oxygens (including phenoxy) is 1. The molecule has 0 aromatic rings. The molecule has 2 atom stereocenters. The molecule has 26 heavy (non-hydrogen) atoms. The maximum Gasteiger partial charge on any atom is 0.0686 e. The second-order valence-electron chi connectivity index (χ2n) is 8.97. The predicted molar refractivity (Wildman–Crippen MR) is 121 cm³/mol. The molecular weight excluding hydrogens is 332 g/mol. The first-order valence-corrected chi connectivity index (χ1v) is 15.1. The fourth-order valence-corrected chi connectivity index (χ4v) is 6.99. The first-order valence-electron chi connectivity index (χ1n) is 12.5. The van der Waals surface area contributed by atoms with Crippen molar-refractivity contribution >= 4 is 8.80 Å². The quantitative estimate of drug-likeness (QED) is 0.171. The highest BCUT2D eigenvalue weighted by Gasteiger charge is 2.21. The van der Waals surface area contributed by atoms with Crippen molar-refractivity contribution in [3.63, 3.8) is 0 Å². The molecule has 0 aromatic carbocycles. The zero-order valence-electron chi connectivity index (χ0n) is 18.4. The van der Waals surface area contributed by atoms with Crippen molar-refractivity contribution in [2.75, 3.05) is 6.61 Å². The van der Waals surface area contributed by atoms with Crippen LogP contribution < -0.4 is 0 Å². The Bertz CT molecular complexity index is 275. The van der Waals surface area contributed by atoms with Gasteiger partial charge in [-0.2, -0.15) is 0 Å². The monoisotopic (exact) mass is 382 g/mol. The topological polar surface area (TPSA) is 9.23 Å². The van der Waals surface area contributed by atoms with E-state index in [4.69, 9.17) is 4.74 Å². The summed E-state index contributed by atoms with van der Waals surface area (Å²) in [7, 11) is -0.599. The Morgan fingerprint density at radius 2 is 1.12 bits per heavy atom. The van der Waals surface area contributed by atoms with Crippen molar-refractivity contribution < 1.29 is 4.74 Å². The highest BCUT2D eigenvalue weighted by molar-refractivity contribution is 6.58. The van der Waals surface area contributed by atoms with E-state index in [0.29, 0.717) is 5.73 Å². The van der Waals surface area contributed by atoms with Crippen LogP contribution in [0.25, 0.3) is 0 Å². The molecule has 1 saturated heterocycles. The molecule has 0 saturated carbocycles. The molecule has 0 amide bonds. The van der Waals surface area contributed by atoms with Gasteiger partial charge in [0.15, 0.2) is 0 Å². The summed E-state index contributed by atoms with van der Waals surface area (Å²) in [5, 5.41) is 0. The summed E-state index contributed by atoms with van der Waals surface area (Å²) in [5.41, 5.74) is 0.708. The Morgan fingerprint density at radius 3 is 1.54 bits per heavy atom. The third-order valence-corrected chi connectivity index (χ3v) is 9.48. The normalized spacial score (nSPS) is 18.9. The Kier molecular flexibility index (Phi) is 17.3. The van der Waals surface area contributed by atoms with Gasteiger partial charge in [-0.3, -0.25) is 0 Å². The van der Waals surface area contributed by atoms with Gasteiger partial charge in [0.05, 0.1) is 8.80 Å². The maximum atomic E-state index is 5.98. The second-order valence-corrected chi connectivity index (χ2v) is 12.2. The van der Waals surface area contributed by atoms with E-state index in [-0.39, 0.29) is 0 Å². The van der Waals surface area contributed by atoms with E-state index in [1.165, 1.54) is 128 Å². The van der Waals surface area contributed by atoms with Crippen LogP contribution >= 0.6 is 0 Å². The van der Waals surface area contributed by atoms with Crippen LogP contribution in [-0.2, 0) is 4.74 Å². The molecule has 0 radical (unpaired) electrons. The first-order chi connectivity index (χ1) is 12.8. The number of hydrogen-bond acceptors (Lipinski definition) is 1. The van der Waals surface area contributed by atoms with Crippen LogP contribution in [0.4, 0.5) is 0 Å². The Labute approximate surface area is 167 Å². The van der Waals surface area contributed by atoms with Crippen LogP contribution in [-0.4, -0.2) is 21.1 Å². The van der Waals surface area contributed by atoms with Gasteiger partial charge in [-0.15, -0.1) is 0 Å². The number of hydrogen-bond donors (Lipinski definition) is 0. The van der Waals surface area contributed by atoms with Crippen LogP contribution in [0.15, 0.2) is 0 Å². The summed E-state index contributed by atoms with van der Waals surface area (Å²) in [6, 6.07) is 1.52. The van der Waals surface area contributed by atoms with Crippen molar-refractivity contribution in [1.82, 2.24) is 0 Å². The molecule has 1 heterocycles. The van der Waals surface area contributed by atoms with Gasteiger partial charge in [-0.1, -0.05) is 122 Å². The van der Waals surface area contributed by atoms with Crippen LogP contribution in [0.1, 0.15) is 129 Å². The molecular formula is C24H50OSi. The van der Waals surface area contributed by atoms with Crippen molar-refractivity contribution in [2.45, 2.75) is 147 Å². The van der Waals surface area contributed by atoms with Gasteiger partial charge in [0.1, 0.15) is 0 Å². The summed E-state index contributed by atoms with van der Waals surface area (Å²) in [6.07, 6.45) is 27.6. The van der Waals surface area contributed by atoms with E-state index in [1.807, 2.05) is 0 Å². The van der Waals surface area contributed by atoms with E-state index in [1.54, 1.807) is 0 Å². The Hall–Kier alpha value is 0.177. The van der Waals surface area contributed by atoms with Gasteiger partial charge in [0.2, 0.25) is 0 Å². The first kappa shape index (κ1) is 24.2. The molecule has 0 aromatic heterocycles. The Balaban J connectivity index is 1.72. The second kappa shape index (κ2) is 18.5. The zero-order chi connectivity index (χ0) is 18.7. The predicted octanol–water partition coefficient (Wildman–Crippen LogP) is 8.21. The highest BCUT2D eigenvalue weighted by Crippen LogP contribution is 2.20. The van der Waals surface area contributed by atoms with E-state index in [0.717, 1.165) is 6.61 Å². The van der Waals surface area contributed by atoms with Crippen molar-refractivity contribution in [2.24, 2.45) is 0 Å². The van der Waals surface area contributed by atoms with Gasteiger partial charge in [-0.05, 0) is 19.3 Å². The number of rotatable bonds is 18. The zero-order valence-corrected chi connectivity index (χ0v) is 19.6. The molecule has 1 aliphatic heterocycles. The molecule has 156 valence electrons. The summed E-state index contributed by atoms with van der Waals surface area (Å²) < 4.78 is 5.98. The largest absolute Gasteiger partial charge is 0.382 e. The lowest BCUT2D eigenvalue weighted by atomic mass is 10.0. The molecule has 1 fully saturated rings. The van der Waals surface area contributed by atoms with Crippen LogP contribution in [0.2, 0.25) is 12.6 Å². The van der Waals surface area contributed by atoms with Gasteiger partial charge < -0.3 is 4.74 Å². The average Bonchev–Trinajstić information content (AvgIpc) is 2.68. The molecule has 0 N–H and O–H groups in total. The molecule has 0 bridgehead atoms. The van der Waals surface area contributed by atoms with E-state index >= 15 is 0 Å². The van der Waals surface area contributed by atoms with Gasteiger partial charge in [0, 0.05) is 12.3 Å². The molecule has 1 aliphatic rings. The minimum atomic E-state index is -0.599. The minimum absolute atomic E-state index is 0.599. The third kappa shape index (κ3) is 14.3. The summed E-state index contributed by atoms with van der Waals surface area (Å²) in [6.45, 7) is 5.89. The van der Waals surface area contributed by atoms with Crippen molar-refractivity contribution in [1.29, 1.82) is 0 Å². The van der Waals surface area contributed by atoms with Crippen LogP contribution in [0, 0.1) is 0 Å². The molecule has 1 rings (SSSR count). The maximum absolute atomic E-state index is 5.98. The summed E-state index contributed by atoms with van der Waals surface area (Å²) in [5.74, 6) is 0. The van der Waals surface area contributed by atoms with E-state index in [2.05, 4.69) is 13.5 Å². The lowest BCUT2D eigenvalue weighted by molar-refractivity contribution is 0.0625. The smallest absolute Gasteiger partial charge is 0.0686 e. The molecule has 2 heteroatoms. The van der Waals surface area contributed by atoms with E-state index < -0.39 is 8.80 Å². The van der Waals surface area contributed by atoms with Crippen LogP contribution in [0.3, 0.4) is 0 Å². The average molecular weight is 383 g/mol. The SMILES string of the molecule is CCCCCCCCCCCCCCCCCC[SiH](C)C1CCCCO1. The van der Waals surface area contributed by atoms with E-state index in [9.17, 15) is 0 Å². The molecule has 1 nitrogen and oxygen atoms in total.